The molecule has 2 N–H and O–H groups in total. The summed E-state index contributed by atoms with van der Waals surface area (Å²) in [5.41, 5.74) is -0.0290. The van der Waals surface area contributed by atoms with E-state index in [1.807, 2.05) is 0 Å². The minimum atomic E-state index is -1.13. The lowest BCUT2D eigenvalue weighted by molar-refractivity contribution is -0.136. The lowest BCUT2D eigenvalue weighted by Gasteiger charge is -2.16. The van der Waals surface area contributed by atoms with E-state index in [9.17, 15) is 18.4 Å². The van der Waals surface area contributed by atoms with Crippen LogP contribution in [-0.2, 0) is 9.59 Å². The molecule has 134 valence electrons. The highest BCUT2D eigenvalue weighted by Crippen LogP contribution is 2.17. The summed E-state index contributed by atoms with van der Waals surface area (Å²) in [5.74, 6) is -3.56. The summed E-state index contributed by atoms with van der Waals surface area (Å²) in [6.07, 6.45) is 4.76. The van der Waals surface area contributed by atoms with E-state index in [4.69, 9.17) is 4.42 Å². The molecule has 0 aliphatic heterocycles. The molecule has 1 aromatic carbocycles. The van der Waals surface area contributed by atoms with Gasteiger partial charge in [-0.1, -0.05) is 0 Å². The predicted molar refractivity (Wildman–Crippen MR) is 87.1 cm³/mol. The third kappa shape index (κ3) is 3.94. The standard InChI is InChI=1S/C17H14F2N4O3/c18-12-5-4-11(9-13(12)19)22-17(25)16(24)20-10-14(15-3-1-8-26-15)23-7-2-6-21-23/h1-9,14H,10H2,(H,20,24)(H,22,25). The Labute approximate surface area is 146 Å². The number of benzene rings is 1. The number of anilines is 1. The topological polar surface area (TPSA) is 89.2 Å². The van der Waals surface area contributed by atoms with Gasteiger partial charge in [0.15, 0.2) is 11.6 Å². The van der Waals surface area contributed by atoms with Crippen LogP contribution in [-0.4, -0.2) is 28.1 Å². The highest BCUT2D eigenvalue weighted by molar-refractivity contribution is 6.39. The van der Waals surface area contributed by atoms with Gasteiger partial charge in [-0.25, -0.2) is 8.78 Å². The number of hydrogen-bond acceptors (Lipinski definition) is 4. The van der Waals surface area contributed by atoms with E-state index in [1.165, 1.54) is 6.26 Å². The van der Waals surface area contributed by atoms with Crippen molar-refractivity contribution >= 4 is 17.5 Å². The minimum Gasteiger partial charge on any atom is -0.467 e. The lowest BCUT2D eigenvalue weighted by atomic mass is 10.2. The van der Waals surface area contributed by atoms with E-state index in [-0.39, 0.29) is 12.2 Å². The molecule has 0 bridgehead atoms. The van der Waals surface area contributed by atoms with Crippen LogP contribution in [0.25, 0.3) is 0 Å². The second-order valence-electron chi connectivity index (χ2n) is 5.31. The number of halogens is 2. The summed E-state index contributed by atoms with van der Waals surface area (Å²) in [6.45, 7) is 0.0409. The Morgan fingerprint density at radius 2 is 2.00 bits per heavy atom. The molecule has 2 aromatic heterocycles. The Balaban J connectivity index is 1.63. The first-order valence-electron chi connectivity index (χ1n) is 7.61. The zero-order chi connectivity index (χ0) is 18.5. The molecule has 0 aliphatic rings. The van der Waals surface area contributed by atoms with Crippen molar-refractivity contribution < 1.29 is 22.8 Å². The van der Waals surface area contributed by atoms with E-state index in [0.717, 1.165) is 18.2 Å². The summed E-state index contributed by atoms with van der Waals surface area (Å²) in [7, 11) is 0. The molecule has 3 rings (SSSR count). The molecule has 2 amide bonds. The van der Waals surface area contributed by atoms with Crippen LogP contribution in [0.4, 0.5) is 14.5 Å². The van der Waals surface area contributed by atoms with E-state index in [1.54, 1.807) is 35.3 Å². The van der Waals surface area contributed by atoms with Gasteiger partial charge in [0.2, 0.25) is 0 Å². The summed E-state index contributed by atoms with van der Waals surface area (Å²) < 4.78 is 33.0. The van der Waals surface area contributed by atoms with Crippen molar-refractivity contribution in [2.75, 3.05) is 11.9 Å². The molecule has 1 atom stereocenters. The summed E-state index contributed by atoms with van der Waals surface area (Å²) in [5, 5.41) is 8.77. The van der Waals surface area contributed by atoms with E-state index in [0.29, 0.717) is 5.76 Å². The molecular formula is C17H14F2N4O3. The van der Waals surface area contributed by atoms with Crippen LogP contribution >= 0.6 is 0 Å². The molecule has 0 spiro atoms. The lowest BCUT2D eigenvalue weighted by Crippen LogP contribution is -2.39. The first-order valence-corrected chi connectivity index (χ1v) is 7.61. The molecule has 0 fully saturated rings. The fourth-order valence-corrected chi connectivity index (χ4v) is 2.30. The monoisotopic (exact) mass is 360 g/mol. The highest BCUT2D eigenvalue weighted by Gasteiger charge is 2.21. The predicted octanol–water partition coefficient (Wildman–Crippen LogP) is 2.10. The smallest absolute Gasteiger partial charge is 0.313 e. The van der Waals surface area contributed by atoms with Crippen molar-refractivity contribution in [2.24, 2.45) is 0 Å². The van der Waals surface area contributed by atoms with Crippen LogP contribution in [0.2, 0.25) is 0 Å². The van der Waals surface area contributed by atoms with Gasteiger partial charge in [0.25, 0.3) is 0 Å². The maximum absolute atomic E-state index is 13.2. The van der Waals surface area contributed by atoms with E-state index >= 15 is 0 Å². The van der Waals surface area contributed by atoms with Crippen molar-refractivity contribution in [1.29, 1.82) is 0 Å². The van der Waals surface area contributed by atoms with Crippen LogP contribution in [0.5, 0.6) is 0 Å². The molecule has 2 heterocycles. The van der Waals surface area contributed by atoms with Crippen LogP contribution in [0.15, 0.2) is 59.5 Å². The van der Waals surface area contributed by atoms with Gasteiger partial charge in [-0.3, -0.25) is 14.3 Å². The summed E-state index contributed by atoms with van der Waals surface area (Å²) in [4.78, 5) is 23.9. The summed E-state index contributed by atoms with van der Waals surface area (Å²) >= 11 is 0. The Morgan fingerprint density at radius 1 is 1.15 bits per heavy atom. The molecule has 9 heteroatoms. The number of furan rings is 1. The normalized spacial score (nSPS) is 11.8. The van der Waals surface area contributed by atoms with Crippen LogP contribution in [0, 0.1) is 11.6 Å². The van der Waals surface area contributed by atoms with Crippen LogP contribution < -0.4 is 10.6 Å². The molecule has 7 nitrogen and oxygen atoms in total. The fourth-order valence-electron chi connectivity index (χ4n) is 2.30. The minimum absolute atomic E-state index is 0.0290. The van der Waals surface area contributed by atoms with E-state index < -0.39 is 29.5 Å². The number of nitrogens with one attached hydrogen (secondary N) is 2. The number of carbonyl (C=O) groups is 2. The molecule has 0 saturated heterocycles. The maximum atomic E-state index is 13.2. The van der Waals surface area contributed by atoms with Crippen molar-refractivity contribution in [2.45, 2.75) is 6.04 Å². The number of nitrogens with zero attached hydrogens (tertiary/aromatic N) is 2. The zero-order valence-electron chi connectivity index (χ0n) is 13.4. The number of aromatic nitrogens is 2. The van der Waals surface area contributed by atoms with Crippen molar-refractivity contribution in [1.82, 2.24) is 15.1 Å². The highest BCUT2D eigenvalue weighted by atomic mass is 19.2. The van der Waals surface area contributed by atoms with Gasteiger partial charge in [0, 0.05) is 30.7 Å². The van der Waals surface area contributed by atoms with Crippen molar-refractivity contribution in [3.8, 4) is 0 Å². The average molecular weight is 360 g/mol. The second kappa shape index (κ2) is 7.60. The fraction of sp³-hybridized carbons (Fsp3) is 0.118. The number of hydrogen-bond donors (Lipinski definition) is 2. The largest absolute Gasteiger partial charge is 0.467 e. The first-order chi connectivity index (χ1) is 12.5. The van der Waals surface area contributed by atoms with Crippen molar-refractivity contribution in [3.63, 3.8) is 0 Å². The summed E-state index contributed by atoms with van der Waals surface area (Å²) in [6, 6.07) is 7.49. The van der Waals surface area contributed by atoms with E-state index in [2.05, 4.69) is 15.7 Å². The Hall–Kier alpha value is -3.49. The van der Waals surface area contributed by atoms with Crippen LogP contribution in [0.1, 0.15) is 11.8 Å². The van der Waals surface area contributed by atoms with Gasteiger partial charge in [0.05, 0.1) is 6.26 Å². The molecule has 0 radical (unpaired) electrons. The molecular weight excluding hydrogens is 346 g/mol. The third-order valence-electron chi connectivity index (χ3n) is 3.56. The Kier molecular flexibility index (Phi) is 5.07. The first kappa shape index (κ1) is 17.3. The van der Waals surface area contributed by atoms with Gasteiger partial charge in [-0.05, 0) is 30.3 Å². The van der Waals surface area contributed by atoms with Gasteiger partial charge >= 0.3 is 11.8 Å². The third-order valence-corrected chi connectivity index (χ3v) is 3.56. The quantitative estimate of drug-likeness (QED) is 0.682. The Morgan fingerprint density at radius 3 is 2.65 bits per heavy atom. The van der Waals surface area contributed by atoms with Gasteiger partial charge in [-0.2, -0.15) is 5.10 Å². The maximum Gasteiger partial charge on any atom is 0.313 e. The van der Waals surface area contributed by atoms with Gasteiger partial charge < -0.3 is 15.1 Å². The van der Waals surface area contributed by atoms with Gasteiger partial charge in [0.1, 0.15) is 11.8 Å². The average Bonchev–Trinajstić information content (AvgIpc) is 3.32. The molecule has 0 saturated carbocycles. The molecule has 26 heavy (non-hydrogen) atoms. The van der Waals surface area contributed by atoms with Crippen LogP contribution in [0.3, 0.4) is 0 Å². The number of rotatable bonds is 5. The van der Waals surface area contributed by atoms with Gasteiger partial charge in [-0.15, -0.1) is 0 Å². The molecule has 1 unspecified atom stereocenters. The molecule has 0 aliphatic carbocycles. The number of carbonyl (C=O) groups excluding carboxylic acids is 2. The molecule has 3 aromatic rings. The Bertz CT molecular complexity index is 861. The zero-order valence-corrected chi connectivity index (χ0v) is 13.4. The second-order valence-corrected chi connectivity index (χ2v) is 5.31. The number of amides is 2. The van der Waals surface area contributed by atoms with Crippen molar-refractivity contribution in [3.05, 3.63) is 72.4 Å². The SMILES string of the molecule is O=C(NCC(c1ccco1)n1cccn1)C(=O)Nc1ccc(F)c(F)c1.